The molecule has 3 nitrogen and oxygen atoms in total. The molecule has 0 fully saturated rings. The van der Waals surface area contributed by atoms with Crippen LogP contribution in [0.15, 0.2) is 7.61 Å². The molecule has 0 unspecified atom stereocenters. The van der Waals surface area contributed by atoms with Gasteiger partial charge < -0.3 is 0 Å². The van der Waals surface area contributed by atoms with Crippen molar-refractivity contribution in [2.45, 2.75) is 28.8 Å². The average Bonchev–Trinajstić information content (AvgIpc) is 3.11. The molecule has 2 aliphatic heterocycles. The van der Waals surface area contributed by atoms with Crippen molar-refractivity contribution in [1.82, 2.24) is 0 Å². The van der Waals surface area contributed by atoms with Gasteiger partial charge in [-0.3, -0.25) is 0 Å². The molecule has 12 heteroatoms. The van der Waals surface area contributed by atoms with E-state index >= 15 is 0 Å². The summed E-state index contributed by atoms with van der Waals surface area (Å²) in [5.74, 6) is 10.2. The van der Waals surface area contributed by atoms with Crippen LogP contribution in [-0.2, 0) is 13.6 Å². The van der Waals surface area contributed by atoms with Crippen molar-refractivity contribution in [3.05, 3.63) is 7.61 Å². The van der Waals surface area contributed by atoms with E-state index in [9.17, 15) is 4.57 Å². The van der Waals surface area contributed by atoms with Gasteiger partial charge in [0, 0.05) is 0 Å². The molecule has 170 valence electrons. The van der Waals surface area contributed by atoms with E-state index in [0.717, 1.165) is 0 Å². The molecule has 0 saturated carbocycles. The van der Waals surface area contributed by atoms with Crippen molar-refractivity contribution in [3.63, 3.8) is 0 Å². The second-order valence-electron chi connectivity index (χ2n) is 5.64. The second-order valence-corrected chi connectivity index (χ2v) is 21.7. The van der Waals surface area contributed by atoms with Gasteiger partial charge in [0.1, 0.15) is 0 Å². The number of thioether (sulfide) groups is 6. The average molecular weight is 665 g/mol. The zero-order valence-electron chi connectivity index (χ0n) is 17.0. The molecule has 2 aliphatic rings. The van der Waals surface area contributed by atoms with Crippen LogP contribution in [0.1, 0.15) is 13.8 Å². The Hall–Kier alpha value is 3.03. The summed E-state index contributed by atoms with van der Waals surface area (Å²) in [7, 11) is -3.05. The quantitative estimate of drug-likeness (QED) is 0.248. The molecule has 0 spiro atoms. The zero-order valence-corrected chi connectivity index (χ0v) is 26.2. The van der Waals surface area contributed by atoms with Gasteiger partial charge in [0.2, 0.25) is 0 Å². The van der Waals surface area contributed by atoms with E-state index in [1.165, 1.54) is 64.3 Å². The standard InChI is InChI=1S/C17H31O3PS6Se2/c1-3-19-21(18,20-4-2)17-26-15-16(27-17)29-14-12-25-10-8-23-6-5-22-7-9-24-11-13-28-15/h17H,3-14H2,1-2H3. The number of hydrogen-bond acceptors (Lipinski definition) is 9. The Labute approximate surface area is 215 Å². The summed E-state index contributed by atoms with van der Waals surface area (Å²) in [6, 6.07) is 0. The Morgan fingerprint density at radius 1 is 0.759 bits per heavy atom. The Morgan fingerprint density at radius 3 is 1.52 bits per heavy atom. The molecule has 0 radical (unpaired) electrons. The van der Waals surface area contributed by atoms with Crippen LogP contribution in [0.2, 0.25) is 10.6 Å². The van der Waals surface area contributed by atoms with Gasteiger partial charge in [-0.2, -0.15) is 0 Å². The van der Waals surface area contributed by atoms with E-state index in [0.29, 0.717) is 43.1 Å². The minimum absolute atomic E-state index is 0.0987. The van der Waals surface area contributed by atoms with Crippen molar-refractivity contribution in [2.75, 3.05) is 59.2 Å². The van der Waals surface area contributed by atoms with Gasteiger partial charge in [0.15, 0.2) is 0 Å². The topological polar surface area (TPSA) is 35.5 Å². The molecule has 0 aromatic rings. The molecule has 0 aromatic heterocycles. The normalized spacial score (nSPS) is 22.8. The van der Waals surface area contributed by atoms with Crippen molar-refractivity contribution >= 4 is 108 Å². The second kappa shape index (κ2) is 17.5. The van der Waals surface area contributed by atoms with Gasteiger partial charge in [-0.05, 0) is 0 Å². The molecule has 0 bridgehead atoms. The first-order valence-electron chi connectivity index (χ1n) is 9.72. The van der Waals surface area contributed by atoms with E-state index in [2.05, 4.69) is 47.0 Å². The summed E-state index contributed by atoms with van der Waals surface area (Å²) >= 11 is 13.0. The van der Waals surface area contributed by atoms with E-state index < -0.39 is 7.60 Å². The molecular formula is C17H31O3PS6Se2. The third-order valence-corrected chi connectivity index (χ3v) is 22.6. The Balaban J connectivity index is 1.94. The molecule has 0 N–H and O–H groups in total. The minimum atomic E-state index is -3.05. The van der Waals surface area contributed by atoms with Gasteiger partial charge in [-0.1, -0.05) is 0 Å². The van der Waals surface area contributed by atoms with Crippen LogP contribution < -0.4 is 0 Å². The predicted octanol–water partition coefficient (Wildman–Crippen LogP) is 6.33. The van der Waals surface area contributed by atoms with Crippen LogP contribution in [0.25, 0.3) is 0 Å². The molecule has 29 heavy (non-hydrogen) atoms. The van der Waals surface area contributed by atoms with Crippen molar-refractivity contribution < 1.29 is 13.6 Å². The van der Waals surface area contributed by atoms with Gasteiger partial charge in [0.05, 0.1) is 0 Å². The van der Waals surface area contributed by atoms with E-state index in [1.807, 2.05) is 13.8 Å². The zero-order chi connectivity index (χ0) is 20.8. The summed E-state index contributed by atoms with van der Waals surface area (Å²) in [5.41, 5.74) is 0. The predicted molar refractivity (Wildman–Crippen MR) is 147 cm³/mol. The molecule has 0 saturated heterocycles. The first-order chi connectivity index (χ1) is 14.2. The molecule has 2 rings (SSSR count). The molecular weight excluding hydrogens is 633 g/mol. The fraction of sp³-hybridized carbons (Fsp3) is 0.882. The fourth-order valence-corrected chi connectivity index (χ4v) is 22.5. The van der Waals surface area contributed by atoms with Crippen molar-refractivity contribution in [3.8, 4) is 0 Å². The molecule has 0 atom stereocenters. The van der Waals surface area contributed by atoms with Crippen LogP contribution in [0.5, 0.6) is 0 Å². The van der Waals surface area contributed by atoms with Crippen LogP contribution in [0.4, 0.5) is 0 Å². The van der Waals surface area contributed by atoms with E-state index in [4.69, 9.17) is 9.05 Å². The summed E-state index contributed by atoms with van der Waals surface area (Å²) in [5, 5.41) is 2.55. The van der Waals surface area contributed by atoms with Crippen molar-refractivity contribution in [2.24, 2.45) is 0 Å². The maximum atomic E-state index is 13.3. The maximum absolute atomic E-state index is 13.3. The Morgan fingerprint density at radius 2 is 1.14 bits per heavy atom. The van der Waals surface area contributed by atoms with Crippen LogP contribution in [0, 0.1) is 0 Å². The molecule has 2 heterocycles. The van der Waals surface area contributed by atoms with E-state index in [1.54, 1.807) is 23.5 Å². The third-order valence-electron chi connectivity index (χ3n) is 3.50. The summed E-state index contributed by atoms with van der Waals surface area (Å²) in [6.45, 7) is 4.70. The van der Waals surface area contributed by atoms with Gasteiger partial charge in [-0.25, -0.2) is 0 Å². The van der Waals surface area contributed by atoms with Crippen LogP contribution >= 0.6 is 78.2 Å². The Bertz CT molecular complexity index is 503. The van der Waals surface area contributed by atoms with Crippen LogP contribution in [0.3, 0.4) is 0 Å². The SMILES string of the molecule is CCOP(=O)(OCC)C1SC2=C(S1)[Se]CCSCCSCCSCCSCC[Se]2. The molecule has 0 aliphatic carbocycles. The van der Waals surface area contributed by atoms with Crippen molar-refractivity contribution in [1.29, 1.82) is 0 Å². The van der Waals surface area contributed by atoms with Crippen LogP contribution in [-0.4, -0.2) is 93.5 Å². The number of hydrogen-bond donors (Lipinski definition) is 0. The van der Waals surface area contributed by atoms with Gasteiger partial charge >= 0.3 is 217 Å². The van der Waals surface area contributed by atoms with Gasteiger partial charge in [-0.15, -0.1) is 0 Å². The summed E-state index contributed by atoms with van der Waals surface area (Å²) in [4.78, 5) is 0. The molecule has 0 amide bonds. The third kappa shape index (κ3) is 11.3. The Kier molecular flexibility index (Phi) is 17.0. The summed E-state index contributed by atoms with van der Waals surface area (Å²) in [6.07, 6.45) is 0. The van der Waals surface area contributed by atoms with Gasteiger partial charge in [0.25, 0.3) is 0 Å². The first-order valence-corrected chi connectivity index (χ1v) is 21.8. The van der Waals surface area contributed by atoms with E-state index in [-0.39, 0.29) is 4.32 Å². The fourth-order valence-electron chi connectivity index (χ4n) is 2.29. The first kappa shape index (κ1) is 28.3. The summed E-state index contributed by atoms with van der Waals surface area (Å²) < 4.78 is 27.6. The number of rotatable bonds is 5. The monoisotopic (exact) mass is 666 g/mol. The molecule has 0 aromatic carbocycles.